The van der Waals surface area contributed by atoms with E-state index in [9.17, 15) is 9.90 Å². The number of aryl methyl sites for hydroxylation is 1. The third-order valence-corrected chi connectivity index (χ3v) is 4.11. The second kappa shape index (κ2) is 12.8. The standard InChI is InChI=1S/C20H32O4/c1-2-3-6-9-17-12-14-19(15-13-17)24-16-18(21)10-7-4-5-8-11-20(22)23/h12-15,18,21H,2-11,16H2,1H3,(H,22,23). The Balaban J connectivity index is 2.11. The molecule has 0 aliphatic carbocycles. The lowest BCUT2D eigenvalue weighted by Crippen LogP contribution is -2.17. The Hall–Kier alpha value is -1.55. The van der Waals surface area contributed by atoms with E-state index in [1.54, 1.807) is 0 Å². The maximum Gasteiger partial charge on any atom is 0.303 e. The first-order chi connectivity index (χ1) is 11.6. The van der Waals surface area contributed by atoms with E-state index >= 15 is 0 Å². The van der Waals surface area contributed by atoms with Gasteiger partial charge in [-0.2, -0.15) is 0 Å². The molecule has 0 aliphatic heterocycles. The molecule has 0 bridgehead atoms. The van der Waals surface area contributed by atoms with Gasteiger partial charge >= 0.3 is 5.97 Å². The van der Waals surface area contributed by atoms with Crippen molar-refractivity contribution in [3.05, 3.63) is 29.8 Å². The molecule has 1 unspecified atom stereocenters. The summed E-state index contributed by atoms with van der Waals surface area (Å²) >= 11 is 0. The number of carboxylic acid groups (broad SMARTS) is 1. The Kier molecular flexibility index (Phi) is 10.9. The van der Waals surface area contributed by atoms with Crippen molar-refractivity contribution in [2.45, 2.75) is 77.2 Å². The molecule has 1 aromatic carbocycles. The van der Waals surface area contributed by atoms with Crippen LogP contribution in [-0.4, -0.2) is 28.9 Å². The molecular formula is C20H32O4. The minimum atomic E-state index is -0.736. The average Bonchev–Trinajstić information content (AvgIpc) is 2.57. The fourth-order valence-corrected chi connectivity index (χ4v) is 2.62. The number of unbranched alkanes of at least 4 members (excludes halogenated alkanes) is 5. The summed E-state index contributed by atoms with van der Waals surface area (Å²) in [6.07, 6.45) is 8.78. The normalized spacial score (nSPS) is 12.1. The molecule has 0 spiro atoms. The largest absolute Gasteiger partial charge is 0.491 e. The first-order valence-electron chi connectivity index (χ1n) is 9.23. The molecule has 0 heterocycles. The molecule has 136 valence electrons. The van der Waals surface area contributed by atoms with Gasteiger partial charge in [0.2, 0.25) is 0 Å². The zero-order chi connectivity index (χ0) is 17.6. The second-order valence-corrected chi connectivity index (χ2v) is 6.41. The predicted octanol–water partition coefficient (Wildman–Crippen LogP) is 4.58. The van der Waals surface area contributed by atoms with E-state index in [1.165, 1.54) is 24.8 Å². The molecule has 1 rings (SSSR count). The van der Waals surface area contributed by atoms with E-state index in [0.29, 0.717) is 19.4 Å². The molecule has 0 amide bonds. The zero-order valence-electron chi connectivity index (χ0n) is 14.9. The second-order valence-electron chi connectivity index (χ2n) is 6.41. The van der Waals surface area contributed by atoms with Crippen LogP contribution < -0.4 is 4.74 Å². The molecule has 0 saturated heterocycles. The van der Waals surface area contributed by atoms with Crippen molar-refractivity contribution in [2.24, 2.45) is 0 Å². The van der Waals surface area contributed by atoms with Crippen molar-refractivity contribution in [1.82, 2.24) is 0 Å². The van der Waals surface area contributed by atoms with Crippen molar-refractivity contribution in [3.63, 3.8) is 0 Å². The average molecular weight is 336 g/mol. The number of aliphatic carboxylic acids is 1. The molecule has 0 fully saturated rings. The third kappa shape index (κ3) is 10.3. The van der Waals surface area contributed by atoms with Crippen molar-refractivity contribution >= 4 is 5.97 Å². The number of benzene rings is 1. The van der Waals surface area contributed by atoms with Gasteiger partial charge in [-0.05, 0) is 43.4 Å². The molecule has 1 aromatic rings. The Bertz CT molecular complexity index is 441. The van der Waals surface area contributed by atoms with Gasteiger partial charge in [-0.3, -0.25) is 4.79 Å². The quantitative estimate of drug-likeness (QED) is 0.488. The summed E-state index contributed by atoms with van der Waals surface area (Å²) < 4.78 is 5.63. The van der Waals surface area contributed by atoms with Crippen molar-refractivity contribution < 1.29 is 19.7 Å². The Morgan fingerprint density at radius 2 is 1.75 bits per heavy atom. The number of aliphatic hydroxyl groups is 1. The molecule has 0 saturated carbocycles. The van der Waals surface area contributed by atoms with Gasteiger partial charge in [-0.1, -0.05) is 51.2 Å². The monoisotopic (exact) mass is 336 g/mol. The molecule has 4 heteroatoms. The zero-order valence-corrected chi connectivity index (χ0v) is 14.9. The number of rotatable bonds is 14. The van der Waals surface area contributed by atoms with Gasteiger partial charge < -0.3 is 14.9 Å². The molecule has 24 heavy (non-hydrogen) atoms. The lowest BCUT2D eigenvalue weighted by Gasteiger charge is -2.12. The van der Waals surface area contributed by atoms with Gasteiger partial charge in [0, 0.05) is 6.42 Å². The van der Waals surface area contributed by atoms with Crippen LogP contribution in [0.2, 0.25) is 0 Å². The third-order valence-electron chi connectivity index (χ3n) is 4.11. The minimum absolute atomic E-state index is 0.236. The van der Waals surface area contributed by atoms with Crippen LogP contribution in [0, 0.1) is 0 Å². The van der Waals surface area contributed by atoms with E-state index < -0.39 is 12.1 Å². The van der Waals surface area contributed by atoms with Crippen LogP contribution in [0.25, 0.3) is 0 Å². The highest BCUT2D eigenvalue weighted by Gasteiger charge is 2.06. The van der Waals surface area contributed by atoms with E-state index in [1.807, 2.05) is 12.1 Å². The summed E-state index contributed by atoms with van der Waals surface area (Å²) in [6.45, 7) is 2.52. The maximum atomic E-state index is 10.4. The highest BCUT2D eigenvalue weighted by Crippen LogP contribution is 2.15. The molecular weight excluding hydrogens is 304 g/mol. The summed E-state index contributed by atoms with van der Waals surface area (Å²) in [7, 11) is 0. The van der Waals surface area contributed by atoms with Crippen LogP contribution in [0.1, 0.15) is 70.3 Å². The minimum Gasteiger partial charge on any atom is -0.491 e. The molecule has 0 radical (unpaired) electrons. The summed E-state index contributed by atoms with van der Waals surface area (Å²) in [5, 5.41) is 18.5. The first-order valence-corrected chi connectivity index (χ1v) is 9.23. The lowest BCUT2D eigenvalue weighted by molar-refractivity contribution is -0.137. The first kappa shape index (κ1) is 20.5. The fourth-order valence-electron chi connectivity index (χ4n) is 2.62. The van der Waals surface area contributed by atoms with Crippen molar-refractivity contribution in [2.75, 3.05) is 6.61 Å². The van der Waals surface area contributed by atoms with Gasteiger partial charge in [0.1, 0.15) is 12.4 Å². The number of aliphatic hydroxyl groups excluding tert-OH is 1. The van der Waals surface area contributed by atoms with Crippen LogP contribution in [-0.2, 0) is 11.2 Å². The fraction of sp³-hybridized carbons (Fsp3) is 0.650. The molecule has 0 aliphatic rings. The highest BCUT2D eigenvalue weighted by molar-refractivity contribution is 5.66. The van der Waals surface area contributed by atoms with Crippen molar-refractivity contribution in [3.8, 4) is 5.75 Å². The Morgan fingerprint density at radius 1 is 1.04 bits per heavy atom. The Morgan fingerprint density at radius 3 is 2.42 bits per heavy atom. The van der Waals surface area contributed by atoms with Crippen LogP contribution in [0.5, 0.6) is 5.75 Å². The number of hydrogen-bond acceptors (Lipinski definition) is 3. The summed E-state index contributed by atoms with van der Waals surface area (Å²) in [4.78, 5) is 10.4. The Labute approximate surface area is 145 Å². The predicted molar refractivity (Wildman–Crippen MR) is 96.5 cm³/mol. The van der Waals surface area contributed by atoms with Gasteiger partial charge in [0.15, 0.2) is 0 Å². The van der Waals surface area contributed by atoms with Crippen LogP contribution >= 0.6 is 0 Å². The number of hydrogen-bond donors (Lipinski definition) is 2. The van der Waals surface area contributed by atoms with E-state index in [-0.39, 0.29) is 6.42 Å². The smallest absolute Gasteiger partial charge is 0.303 e. The molecule has 4 nitrogen and oxygen atoms in total. The van der Waals surface area contributed by atoms with E-state index in [2.05, 4.69) is 19.1 Å². The molecule has 0 aromatic heterocycles. The number of ether oxygens (including phenoxy) is 1. The van der Waals surface area contributed by atoms with Gasteiger partial charge in [-0.15, -0.1) is 0 Å². The highest BCUT2D eigenvalue weighted by atomic mass is 16.5. The summed E-state index contributed by atoms with van der Waals surface area (Å²) in [5.74, 6) is 0.0644. The topological polar surface area (TPSA) is 66.8 Å². The number of carbonyl (C=O) groups is 1. The lowest BCUT2D eigenvalue weighted by atomic mass is 10.1. The summed E-state index contributed by atoms with van der Waals surface area (Å²) in [6, 6.07) is 8.14. The molecule has 2 N–H and O–H groups in total. The summed E-state index contributed by atoms with van der Waals surface area (Å²) in [5.41, 5.74) is 1.33. The molecule has 1 atom stereocenters. The van der Waals surface area contributed by atoms with Gasteiger partial charge in [0.05, 0.1) is 6.10 Å². The van der Waals surface area contributed by atoms with Gasteiger partial charge in [-0.25, -0.2) is 0 Å². The van der Waals surface area contributed by atoms with Gasteiger partial charge in [0.25, 0.3) is 0 Å². The number of carboxylic acids is 1. The van der Waals surface area contributed by atoms with Crippen LogP contribution in [0.4, 0.5) is 0 Å². The van der Waals surface area contributed by atoms with E-state index in [0.717, 1.165) is 31.4 Å². The SMILES string of the molecule is CCCCCc1ccc(OCC(O)CCCCCCC(=O)O)cc1. The van der Waals surface area contributed by atoms with Crippen LogP contribution in [0.3, 0.4) is 0 Å². The van der Waals surface area contributed by atoms with Crippen molar-refractivity contribution in [1.29, 1.82) is 0 Å². The maximum absolute atomic E-state index is 10.4. The van der Waals surface area contributed by atoms with E-state index in [4.69, 9.17) is 9.84 Å². The van der Waals surface area contributed by atoms with Crippen LogP contribution in [0.15, 0.2) is 24.3 Å².